The molecule has 0 saturated heterocycles. The minimum atomic E-state index is -0.932. The molecule has 0 bridgehead atoms. The second-order valence-electron chi connectivity index (χ2n) is 4.87. The van der Waals surface area contributed by atoms with Gasteiger partial charge in [0.25, 0.3) is 0 Å². The van der Waals surface area contributed by atoms with Crippen LogP contribution in [-0.4, -0.2) is 27.2 Å². The molecule has 6 nitrogen and oxygen atoms in total. The molecule has 1 aromatic heterocycles. The molecule has 0 saturated carbocycles. The predicted octanol–water partition coefficient (Wildman–Crippen LogP) is 1.83. The van der Waals surface area contributed by atoms with E-state index >= 15 is 0 Å². The lowest BCUT2D eigenvalue weighted by Gasteiger charge is -2.09. The van der Waals surface area contributed by atoms with E-state index < -0.39 is 5.97 Å². The number of aromatic nitrogens is 2. The number of carbonyl (C=O) groups excluding carboxylic acids is 1. The van der Waals surface area contributed by atoms with Crippen LogP contribution in [0.3, 0.4) is 0 Å². The number of hydrogen-bond acceptors (Lipinski definition) is 3. The van der Waals surface area contributed by atoms with Gasteiger partial charge in [-0.3, -0.25) is 14.7 Å². The number of rotatable bonds is 5. The topological polar surface area (TPSA) is 95.1 Å². The number of aromatic amines is 1. The normalized spacial score (nSPS) is 10.4. The van der Waals surface area contributed by atoms with Gasteiger partial charge >= 0.3 is 5.97 Å². The van der Waals surface area contributed by atoms with Gasteiger partial charge in [0.05, 0.1) is 18.5 Å². The van der Waals surface area contributed by atoms with Gasteiger partial charge in [0.1, 0.15) is 0 Å². The molecule has 0 fully saturated rings. The Kier molecular flexibility index (Phi) is 4.37. The van der Waals surface area contributed by atoms with Crippen molar-refractivity contribution < 1.29 is 14.7 Å². The molecule has 0 aliphatic carbocycles. The molecule has 1 heterocycles. The summed E-state index contributed by atoms with van der Waals surface area (Å²) in [6.45, 7) is 3.70. The van der Waals surface area contributed by atoms with Crippen LogP contribution in [0.5, 0.6) is 0 Å². The summed E-state index contributed by atoms with van der Waals surface area (Å²) in [5, 5.41) is 18.5. The van der Waals surface area contributed by atoms with Crippen molar-refractivity contribution in [1.29, 1.82) is 0 Å². The number of carboxylic acids is 1. The molecule has 3 N–H and O–H groups in total. The monoisotopic (exact) mass is 287 g/mol. The summed E-state index contributed by atoms with van der Waals surface area (Å²) in [5.41, 5.74) is 3.63. The quantitative estimate of drug-likeness (QED) is 0.782. The standard InChI is InChI=1S/C15H17N3O3/c1-9-12(10(2)18-17-9)8-14(19)16-13-6-4-3-5-11(13)7-15(20)21/h3-6H,7-8H2,1-2H3,(H,16,19)(H,17,18)(H,20,21). The molecule has 2 aromatic rings. The maximum absolute atomic E-state index is 12.1. The van der Waals surface area contributed by atoms with E-state index in [0.717, 1.165) is 17.0 Å². The Morgan fingerprint density at radius 3 is 2.57 bits per heavy atom. The van der Waals surface area contributed by atoms with Crippen LogP contribution < -0.4 is 5.32 Å². The molecule has 2 rings (SSSR count). The molecule has 21 heavy (non-hydrogen) atoms. The smallest absolute Gasteiger partial charge is 0.307 e. The summed E-state index contributed by atoms with van der Waals surface area (Å²) in [5.74, 6) is -1.13. The first-order valence-electron chi connectivity index (χ1n) is 6.57. The molecule has 0 radical (unpaired) electrons. The van der Waals surface area contributed by atoms with Crippen molar-refractivity contribution in [3.63, 3.8) is 0 Å². The van der Waals surface area contributed by atoms with Crippen molar-refractivity contribution in [2.24, 2.45) is 0 Å². The molecule has 0 unspecified atom stereocenters. The first kappa shape index (κ1) is 14.8. The van der Waals surface area contributed by atoms with E-state index in [9.17, 15) is 9.59 Å². The number of benzene rings is 1. The third-order valence-corrected chi connectivity index (χ3v) is 3.25. The number of carbonyl (C=O) groups is 2. The van der Waals surface area contributed by atoms with Crippen molar-refractivity contribution in [2.75, 3.05) is 5.32 Å². The summed E-state index contributed by atoms with van der Waals surface area (Å²) in [6, 6.07) is 6.90. The van der Waals surface area contributed by atoms with Crippen LogP contribution >= 0.6 is 0 Å². The van der Waals surface area contributed by atoms with Gasteiger partial charge in [0.2, 0.25) is 5.91 Å². The van der Waals surface area contributed by atoms with Gasteiger partial charge in [-0.25, -0.2) is 0 Å². The second kappa shape index (κ2) is 6.21. The zero-order valence-corrected chi connectivity index (χ0v) is 11.9. The average Bonchev–Trinajstić information content (AvgIpc) is 2.72. The van der Waals surface area contributed by atoms with Crippen LogP contribution in [0.1, 0.15) is 22.5 Å². The molecule has 0 spiro atoms. The SMILES string of the molecule is Cc1n[nH]c(C)c1CC(=O)Nc1ccccc1CC(=O)O. The lowest BCUT2D eigenvalue weighted by atomic mass is 10.1. The number of aliphatic carboxylic acids is 1. The zero-order valence-electron chi connectivity index (χ0n) is 11.9. The Hall–Kier alpha value is -2.63. The Morgan fingerprint density at radius 1 is 1.24 bits per heavy atom. The fraction of sp³-hybridized carbons (Fsp3) is 0.267. The first-order chi connectivity index (χ1) is 9.97. The summed E-state index contributed by atoms with van der Waals surface area (Å²) in [6.07, 6.45) is 0.0792. The molecule has 0 atom stereocenters. The number of aryl methyl sites for hydroxylation is 2. The highest BCUT2D eigenvalue weighted by Crippen LogP contribution is 2.17. The third kappa shape index (κ3) is 3.68. The molecular weight excluding hydrogens is 270 g/mol. The molecular formula is C15H17N3O3. The van der Waals surface area contributed by atoms with Crippen molar-refractivity contribution in [3.05, 3.63) is 46.8 Å². The van der Waals surface area contributed by atoms with Gasteiger partial charge in [-0.05, 0) is 25.5 Å². The molecule has 110 valence electrons. The van der Waals surface area contributed by atoms with Crippen LogP contribution in [-0.2, 0) is 22.4 Å². The molecule has 1 aromatic carbocycles. The number of anilines is 1. The Bertz CT molecular complexity index is 657. The highest BCUT2D eigenvalue weighted by molar-refractivity contribution is 5.93. The Balaban J connectivity index is 2.11. The maximum atomic E-state index is 12.1. The second-order valence-corrected chi connectivity index (χ2v) is 4.87. The Morgan fingerprint density at radius 2 is 1.95 bits per heavy atom. The molecule has 0 aliphatic heterocycles. The highest BCUT2D eigenvalue weighted by Gasteiger charge is 2.13. The van der Waals surface area contributed by atoms with Crippen LogP contribution in [0.15, 0.2) is 24.3 Å². The van der Waals surface area contributed by atoms with E-state index in [-0.39, 0.29) is 18.7 Å². The van der Waals surface area contributed by atoms with Crippen molar-refractivity contribution in [2.45, 2.75) is 26.7 Å². The molecule has 1 amide bonds. The van der Waals surface area contributed by atoms with E-state index in [1.807, 2.05) is 13.8 Å². The predicted molar refractivity (Wildman–Crippen MR) is 78.2 cm³/mol. The van der Waals surface area contributed by atoms with Gasteiger partial charge < -0.3 is 10.4 Å². The Labute approximate surface area is 122 Å². The zero-order chi connectivity index (χ0) is 15.4. The van der Waals surface area contributed by atoms with Gasteiger partial charge in [0, 0.05) is 16.9 Å². The van der Waals surface area contributed by atoms with Crippen LogP contribution in [0.25, 0.3) is 0 Å². The fourth-order valence-corrected chi connectivity index (χ4v) is 2.15. The van der Waals surface area contributed by atoms with Gasteiger partial charge in [-0.15, -0.1) is 0 Å². The van der Waals surface area contributed by atoms with E-state index in [2.05, 4.69) is 15.5 Å². The van der Waals surface area contributed by atoms with Crippen molar-refractivity contribution in [1.82, 2.24) is 10.2 Å². The number of hydrogen-bond donors (Lipinski definition) is 3. The van der Waals surface area contributed by atoms with Crippen molar-refractivity contribution >= 4 is 17.6 Å². The summed E-state index contributed by atoms with van der Waals surface area (Å²) < 4.78 is 0. The van der Waals surface area contributed by atoms with Crippen LogP contribution in [0, 0.1) is 13.8 Å². The molecule has 0 aliphatic rings. The van der Waals surface area contributed by atoms with Gasteiger partial charge in [-0.1, -0.05) is 18.2 Å². The summed E-state index contributed by atoms with van der Waals surface area (Å²) in [7, 11) is 0. The van der Waals surface area contributed by atoms with Crippen LogP contribution in [0.2, 0.25) is 0 Å². The lowest BCUT2D eigenvalue weighted by Crippen LogP contribution is -2.17. The number of H-pyrrole nitrogens is 1. The number of carboxylic acid groups (broad SMARTS) is 1. The fourth-order valence-electron chi connectivity index (χ4n) is 2.15. The number of amides is 1. The van der Waals surface area contributed by atoms with Gasteiger partial charge in [-0.2, -0.15) is 5.10 Å². The average molecular weight is 287 g/mol. The minimum absolute atomic E-state index is 0.125. The number of para-hydroxylation sites is 1. The highest BCUT2D eigenvalue weighted by atomic mass is 16.4. The number of nitrogens with zero attached hydrogens (tertiary/aromatic N) is 1. The maximum Gasteiger partial charge on any atom is 0.307 e. The number of nitrogens with one attached hydrogen (secondary N) is 2. The first-order valence-corrected chi connectivity index (χ1v) is 6.57. The van der Waals surface area contributed by atoms with Crippen LogP contribution in [0.4, 0.5) is 5.69 Å². The lowest BCUT2D eigenvalue weighted by molar-refractivity contribution is -0.136. The summed E-state index contributed by atoms with van der Waals surface area (Å²) in [4.78, 5) is 22.9. The van der Waals surface area contributed by atoms with E-state index in [1.165, 1.54) is 0 Å². The van der Waals surface area contributed by atoms with Gasteiger partial charge in [0.15, 0.2) is 0 Å². The third-order valence-electron chi connectivity index (χ3n) is 3.25. The summed E-state index contributed by atoms with van der Waals surface area (Å²) >= 11 is 0. The van der Waals surface area contributed by atoms with E-state index in [1.54, 1.807) is 24.3 Å². The van der Waals surface area contributed by atoms with E-state index in [4.69, 9.17) is 5.11 Å². The van der Waals surface area contributed by atoms with E-state index in [0.29, 0.717) is 11.3 Å². The van der Waals surface area contributed by atoms with Crippen molar-refractivity contribution in [3.8, 4) is 0 Å². The largest absolute Gasteiger partial charge is 0.481 e. The molecule has 6 heteroatoms. The minimum Gasteiger partial charge on any atom is -0.481 e.